The molecule has 0 saturated heterocycles. The molecule has 0 radical (unpaired) electrons. The molecule has 3 aromatic rings. The number of fused-ring (bicyclic) bond motifs is 1. The summed E-state index contributed by atoms with van der Waals surface area (Å²) in [6.45, 7) is 5.40. The number of rotatable bonds is 5. The van der Waals surface area contributed by atoms with Crippen LogP contribution in [0, 0.1) is 0 Å². The molecule has 3 heterocycles. The number of aromatic nitrogens is 3. The number of hydrogen-bond acceptors (Lipinski definition) is 5. The van der Waals surface area contributed by atoms with E-state index in [1.54, 1.807) is 6.26 Å². The highest BCUT2D eigenvalue weighted by Crippen LogP contribution is 2.32. The van der Waals surface area contributed by atoms with Crippen LogP contribution in [0.1, 0.15) is 19.4 Å². The number of benzene rings is 1. The summed E-state index contributed by atoms with van der Waals surface area (Å²) in [5.74, 6) is 1.47. The smallest absolute Gasteiger partial charge is 0.240 e. The SMILES string of the molecule is CCn1c(SC(C)C(=O)N2CCc3ccccc32)nnc1-c1ccco1. The van der Waals surface area contributed by atoms with Gasteiger partial charge >= 0.3 is 0 Å². The summed E-state index contributed by atoms with van der Waals surface area (Å²) < 4.78 is 7.42. The van der Waals surface area contributed by atoms with Gasteiger partial charge in [-0.2, -0.15) is 0 Å². The Morgan fingerprint density at radius 3 is 2.88 bits per heavy atom. The Kier molecular flexibility index (Phi) is 4.55. The van der Waals surface area contributed by atoms with E-state index in [0.29, 0.717) is 18.1 Å². The van der Waals surface area contributed by atoms with Crippen molar-refractivity contribution in [1.29, 1.82) is 0 Å². The highest BCUT2D eigenvalue weighted by Gasteiger charge is 2.29. The van der Waals surface area contributed by atoms with Crippen LogP contribution >= 0.6 is 11.8 Å². The Hall–Kier alpha value is -2.54. The number of nitrogens with zero attached hydrogens (tertiary/aromatic N) is 4. The van der Waals surface area contributed by atoms with E-state index < -0.39 is 0 Å². The van der Waals surface area contributed by atoms with E-state index in [9.17, 15) is 4.79 Å². The van der Waals surface area contributed by atoms with Gasteiger partial charge in [0.15, 0.2) is 16.7 Å². The highest BCUT2D eigenvalue weighted by molar-refractivity contribution is 8.00. The number of carbonyl (C=O) groups is 1. The van der Waals surface area contributed by atoms with Crippen LogP contribution in [0.3, 0.4) is 0 Å². The van der Waals surface area contributed by atoms with E-state index in [1.807, 2.05) is 53.6 Å². The van der Waals surface area contributed by atoms with Gasteiger partial charge in [-0.15, -0.1) is 10.2 Å². The molecular formula is C19H20N4O2S. The van der Waals surface area contributed by atoms with Crippen LogP contribution in [0.15, 0.2) is 52.2 Å². The molecule has 1 aromatic carbocycles. The monoisotopic (exact) mass is 368 g/mol. The van der Waals surface area contributed by atoms with Gasteiger partial charge in [0.1, 0.15) is 0 Å². The number of carbonyl (C=O) groups excluding carboxylic acids is 1. The summed E-state index contributed by atoms with van der Waals surface area (Å²) in [7, 11) is 0. The maximum Gasteiger partial charge on any atom is 0.240 e. The molecule has 0 bridgehead atoms. The first-order valence-corrected chi connectivity index (χ1v) is 9.60. The largest absolute Gasteiger partial charge is 0.461 e. The molecule has 26 heavy (non-hydrogen) atoms. The second-order valence-electron chi connectivity index (χ2n) is 6.16. The van der Waals surface area contributed by atoms with Crippen molar-refractivity contribution < 1.29 is 9.21 Å². The lowest BCUT2D eigenvalue weighted by Crippen LogP contribution is -2.35. The molecule has 0 saturated carbocycles. The number of anilines is 1. The summed E-state index contributed by atoms with van der Waals surface area (Å²) in [5, 5.41) is 9.01. The van der Waals surface area contributed by atoms with Gasteiger partial charge in [0, 0.05) is 18.8 Å². The Labute approximate surface area is 156 Å². The predicted molar refractivity (Wildman–Crippen MR) is 101 cm³/mol. The average molecular weight is 368 g/mol. The molecule has 1 aliphatic rings. The van der Waals surface area contributed by atoms with Crippen molar-refractivity contribution in [2.24, 2.45) is 0 Å². The minimum atomic E-state index is -0.250. The Bertz CT molecular complexity index is 920. The third-order valence-corrected chi connectivity index (χ3v) is 5.63. The molecule has 1 aliphatic heterocycles. The predicted octanol–water partition coefficient (Wildman–Crippen LogP) is 3.63. The van der Waals surface area contributed by atoms with Crippen molar-refractivity contribution in [2.45, 2.75) is 37.2 Å². The molecule has 0 spiro atoms. The minimum Gasteiger partial charge on any atom is -0.461 e. The fraction of sp³-hybridized carbons (Fsp3) is 0.316. The minimum absolute atomic E-state index is 0.102. The van der Waals surface area contributed by atoms with Crippen LogP contribution in [0.2, 0.25) is 0 Å². The van der Waals surface area contributed by atoms with E-state index in [-0.39, 0.29) is 11.2 Å². The Morgan fingerprint density at radius 1 is 1.27 bits per heavy atom. The summed E-state index contributed by atoms with van der Waals surface area (Å²) in [6.07, 6.45) is 2.53. The molecule has 0 fully saturated rings. The normalized spacial score (nSPS) is 14.5. The molecule has 0 aliphatic carbocycles. The van der Waals surface area contributed by atoms with E-state index in [1.165, 1.54) is 17.3 Å². The summed E-state index contributed by atoms with van der Waals surface area (Å²) in [5.41, 5.74) is 2.26. The number of amides is 1. The third-order valence-electron chi connectivity index (χ3n) is 4.56. The zero-order valence-electron chi connectivity index (χ0n) is 14.8. The topological polar surface area (TPSA) is 64.2 Å². The quantitative estimate of drug-likeness (QED) is 0.644. The van der Waals surface area contributed by atoms with Gasteiger partial charge in [0.25, 0.3) is 0 Å². The number of furan rings is 1. The first kappa shape index (κ1) is 16.9. The van der Waals surface area contributed by atoms with Gasteiger partial charge in [-0.1, -0.05) is 30.0 Å². The maximum absolute atomic E-state index is 13.0. The second-order valence-corrected chi connectivity index (χ2v) is 7.46. The van der Waals surface area contributed by atoms with E-state index in [4.69, 9.17) is 4.42 Å². The Morgan fingerprint density at radius 2 is 2.12 bits per heavy atom. The third kappa shape index (κ3) is 2.92. The van der Waals surface area contributed by atoms with Crippen LogP contribution < -0.4 is 4.90 Å². The van der Waals surface area contributed by atoms with Crippen molar-refractivity contribution >= 4 is 23.4 Å². The van der Waals surface area contributed by atoms with Crippen LogP contribution in [0.5, 0.6) is 0 Å². The molecule has 6 nitrogen and oxygen atoms in total. The molecule has 7 heteroatoms. The summed E-state index contributed by atoms with van der Waals surface area (Å²) in [4.78, 5) is 14.9. The molecule has 1 amide bonds. The molecule has 0 N–H and O–H groups in total. The first-order valence-electron chi connectivity index (χ1n) is 8.72. The lowest BCUT2D eigenvalue weighted by molar-refractivity contribution is -0.117. The standard InChI is InChI=1S/C19H20N4O2S/c1-3-22-17(16-9-6-12-25-16)20-21-19(22)26-13(2)18(24)23-11-10-14-7-4-5-8-15(14)23/h4-9,12-13H,3,10-11H2,1-2H3. The van der Waals surface area contributed by atoms with Gasteiger partial charge in [-0.25, -0.2) is 0 Å². The van der Waals surface area contributed by atoms with Gasteiger partial charge < -0.3 is 9.32 Å². The van der Waals surface area contributed by atoms with Crippen molar-refractivity contribution in [1.82, 2.24) is 14.8 Å². The number of thioether (sulfide) groups is 1. The van der Waals surface area contributed by atoms with E-state index in [0.717, 1.165) is 23.8 Å². The van der Waals surface area contributed by atoms with Crippen LogP contribution in [-0.2, 0) is 17.8 Å². The average Bonchev–Trinajstić information content (AvgIpc) is 3.39. The van der Waals surface area contributed by atoms with Gasteiger partial charge in [0.2, 0.25) is 5.91 Å². The fourth-order valence-corrected chi connectivity index (χ4v) is 4.22. The summed E-state index contributed by atoms with van der Waals surface area (Å²) in [6, 6.07) is 11.8. The van der Waals surface area contributed by atoms with Crippen LogP contribution in [0.25, 0.3) is 11.6 Å². The highest BCUT2D eigenvalue weighted by atomic mass is 32.2. The van der Waals surface area contributed by atoms with Gasteiger partial charge in [-0.3, -0.25) is 9.36 Å². The number of hydrogen-bond donors (Lipinski definition) is 0. The molecular weight excluding hydrogens is 348 g/mol. The van der Waals surface area contributed by atoms with Crippen LogP contribution in [0.4, 0.5) is 5.69 Å². The fourth-order valence-electron chi connectivity index (χ4n) is 3.24. The van der Waals surface area contributed by atoms with Gasteiger partial charge in [-0.05, 0) is 44.0 Å². The maximum atomic E-state index is 13.0. The zero-order chi connectivity index (χ0) is 18.1. The first-order chi connectivity index (χ1) is 12.7. The molecule has 134 valence electrons. The Balaban J connectivity index is 1.54. The molecule has 2 aromatic heterocycles. The van der Waals surface area contributed by atoms with E-state index >= 15 is 0 Å². The lowest BCUT2D eigenvalue weighted by atomic mass is 10.2. The zero-order valence-corrected chi connectivity index (χ0v) is 15.6. The van der Waals surface area contributed by atoms with Crippen LogP contribution in [-0.4, -0.2) is 32.5 Å². The van der Waals surface area contributed by atoms with Crippen molar-refractivity contribution in [2.75, 3.05) is 11.4 Å². The second kappa shape index (κ2) is 6.99. The van der Waals surface area contributed by atoms with Crippen molar-refractivity contribution in [3.8, 4) is 11.6 Å². The van der Waals surface area contributed by atoms with Crippen molar-refractivity contribution in [3.63, 3.8) is 0 Å². The van der Waals surface area contributed by atoms with Gasteiger partial charge in [0.05, 0.1) is 11.5 Å². The molecule has 1 atom stereocenters. The lowest BCUT2D eigenvalue weighted by Gasteiger charge is -2.21. The molecule has 4 rings (SSSR count). The van der Waals surface area contributed by atoms with E-state index in [2.05, 4.69) is 16.3 Å². The summed E-state index contributed by atoms with van der Waals surface area (Å²) >= 11 is 1.44. The van der Waals surface area contributed by atoms with Crippen molar-refractivity contribution in [3.05, 3.63) is 48.2 Å². The molecule has 1 unspecified atom stereocenters. The number of para-hydroxylation sites is 1.